The Labute approximate surface area is 117 Å². The molecular weight excluding hydrogens is 262 g/mol. The molecule has 20 heavy (non-hydrogen) atoms. The van der Waals surface area contributed by atoms with Crippen LogP contribution in [0.3, 0.4) is 0 Å². The highest BCUT2D eigenvalue weighted by molar-refractivity contribution is 5.95. The van der Waals surface area contributed by atoms with Crippen LogP contribution in [-0.2, 0) is 0 Å². The molecule has 0 radical (unpaired) electrons. The Hall–Kier alpha value is -1.65. The molecule has 2 N–H and O–H groups in total. The van der Waals surface area contributed by atoms with Gasteiger partial charge in [-0.1, -0.05) is 13.8 Å². The largest absolute Gasteiger partial charge is 0.396 e. The van der Waals surface area contributed by atoms with Crippen molar-refractivity contribution in [2.24, 2.45) is 11.8 Å². The van der Waals surface area contributed by atoms with E-state index in [4.69, 9.17) is 5.73 Å². The van der Waals surface area contributed by atoms with Gasteiger partial charge in [0, 0.05) is 12.6 Å². The summed E-state index contributed by atoms with van der Waals surface area (Å²) in [6.45, 7) is 6.62. The highest BCUT2D eigenvalue weighted by atomic mass is 19.1. The summed E-state index contributed by atoms with van der Waals surface area (Å²) in [6.07, 6.45) is 1.03. The van der Waals surface area contributed by atoms with E-state index in [0.29, 0.717) is 18.4 Å². The maximum absolute atomic E-state index is 14.0. The van der Waals surface area contributed by atoms with Crippen LogP contribution in [0.4, 0.5) is 14.5 Å². The summed E-state index contributed by atoms with van der Waals surface area (Å²) in [7, 11) is 0. The normalized spacial score (nSPS) is 26.6. The van der Waals surface area contributed by atoms with Gasteiger partial charge in [-0.2, -0.15) is 0 Å². The Morgan fingerprint density at radius 3 is 2.60 bits per heavy atom. The van der Waals surface area contributed by atoms with Gasteiger partial charge in [-0.05, 0) is 37.3 Å². The number of carbonyl (C=O) groups excluding carboxylic acids is 1. The number of nitrogen functional groups attached to an aromatic ring is 1. The van der Waals surface area contributed by atoms with E-state index in [9.17, 15) is 13.6 Å². The van der Waals surface area contributed by atoms with Crippen molar-refractivity contribution in [1.82, 2.24) is 4.90 Å². The number of halogens is 2. The first-order valence-electron chi connectivity index (χ1n) is 6.86. The summed E-state index contributed by atoms with van der Waals surface area (Å²) >= 11 is 0. The molecule has 0 aliphatic carbocycles. The molecule has 1 aliphatic heterocycles. The molecule has 1 amide bonds. The van der Waals surface area contributed by atoms with Gasteiger partial charge >= 0.3 is 0 Å². The van der Waals surface area contributed by atoms with Crippen LogP contribution in [0.25, 0.3) is 0 Å². The van der Waals surface area contributed by atoms with E-state index in [2.05, 4.69) is 13.8 Å². The zero-order valence-electron chi connectivity index (χ0n) is 12.0. The van der Waals surface area contributed by atoms with E-state index in [1.165, 1.54) is 0 Å². The second-order valence-corrected chi connectivity index (χ2v) is 5.87. The van der Waals surface area contributed by atoms with Crippen LogP contribution in [0.15, 0.2) is 12.1 Å². The molecule has 3 unspecified atom stereocenters. The van der Waals surface area contributed by atoms with E-state index >= 15 is 0 Å². The molecule has 3 nitrogen and oxygen atoms in total. The third-order valence-electron chi connectivity index (χ3n) is 4.15. The van der Waals surface area contributed by atoms with Crippen LogP contribution < -0.4 is 5.73 Å². The molecule has 0 bridgehead atoms. The molecule has 1 fully saturated rings. The fourth-order valence-electron chi connectivity index (χ4n) is 2.90. The second kappa shape index (κ2) is 5.38. The average molecular weight is 282 g/mol. The summed E-state index contributed by atoms with van der Waals surface area (Å²) in [5.74, 6) is -1.34. The maximum atomic E-state index is 14.0. The van der Waals surface area contributed by atoms with Crippen LogP contribution in [0.2, 0.25) is 0 Å². The minimum atomic E-state index is -0.838. The Morgan fingerprint density at radius 1 is 1.30 bits per heavy atom. The molecule has 0 spiro atoms. The molecule has 110 valence electrons. The first kappa shape index (κ1) is 14.8. The number of nitrogens with zero attached hydrogens (tertiary/aromatic N) is 1. The first-order chi connectivity index (χ1) is 9.31. The van der Waals surface area contributed by atoms with E-state index in [0.717, 1.165) is 18.6 Å². The van der Waals surface area contributed by atoms with Gasteiger partial charge in [0.05, 0.1) is 11.3 Å². The highest BCUT2D eigenvalue weighted by Gasteiger charge is 2.33. The SMILES string of the molecule is CC1CC(C)C(C)N(C(=O)c2cc(F)cc(N)c2F)C1. The first-order valence-corrected chi connectivity index (χ1v) is 6.86. The van der Waals surface area contributed by atoms with Crippen molar-refractivity contribution < 1.29 is 13.6 Å². The minimum Gasteiger partial charge on any atom is -0.396 e. The number of hydrogen-bond donors (Lipinski definition) is 1. The minimum absolute atomic E-state index is 0.00240. The molecular formula is C15H20F2N2O. The molecule has 0 aromatic heterocycles. The predicted molar refractivity (Wildman–Crippen MR) is 74.2 cm³/mol. The lowest BCUT2D eigenvalue weighted by Gasteiger charge is -2.41. The predicted octanol–water partition coefficient (Wildman–Crippen LogP) is 3.05. The van der Waals surface area contributed by atoms with Crippen LogP contribution in [0.1, 0.15) is 37.6 Å². The van der Waals surface area contributed by atoms with Gasteiger partial charge in [0.25, 0.3) is 5.91 Å². The monoisotopic (exact) mass is 282 g/mol. The third kappa shape index (κ3) is 2.62. The number of hydrogen-bond acceptors (Lipinski definition) is 2. The van der Waals surface area contributed by atoms with Crippen LogP contribution in [0, 0.1) is 23.5 Å². The number of piperidine rings is 1. The Morgan fingerprint density at radius 2 is 1.95 bits per heavy atom. The van der Waals surface area contributed by atoms with Crippen molar-refractivity contribution in [3.8, 4) is 0 Å². The topological polar surface area (TPSA) is 46.3 Å². The van der Waals surface area contributed by atoms with Gasteiger partial charge in [-0.25, -0.2) is 8.78 Å². The Balaban J connectivity index is 2.36. The van der Waals surface area contributed by atoms with Gasteiger partial charge in [0.2, 0.25) is 0 Å². The molecule has 1 aromatic carbocycles. The van der Waals surface area contributed by atoms with Gasteiger partial charge in [0.1, 0.15) is 5.82 Å². The lowest BCUT2D eigenvalue weighted by Crippen LogP contribution is -2.49. The maximum Gasteiger partial charge on any atom is 0.257 e. The van der Waals surface area contributed by atoms with E-state index in [1.807, 2.05) is 6.92 Å². The van der Waals surface area contributed by atoms with Gasteiger partial charge in [-0.3, -0.25) is 4.79 Å². The van der Waals surface area contributed by atoms with Crippen LogP contribution in [-0.4, -0.2) is 23.4 Å². The quantitative estimate of drug-likeness (QED) is 0.805. The van der Waals surface area contributed by atoms with Gasteiger partial charge < -0.3 is 10.6 Å². The van der Waals surface area contributed by atoms with Crippen molar-refractivity contribution in [3.05, 3.63) is 29.3 Å². The molecule has 1 saturated heterocycles. The molecule has 5 heteroatoms. The van der Waals surface area contributed by atoms with E-state index < -0.39 is 17.5 Å². The number of carbonyl (C=O) groups is 1. The summed E-state index contributed by atoms with van der Waals surface area (Å²) in [5, 5.41) is 0. The van der Waals surface area contributed by atoms with Crippen molar-refractivity contribution in [3.63, 3.8) is 0 Å². The van der Waals surface area contributed by atoms with Crippen LogP contribution >= 0.6 is 0 Å². The van der Waals surface area contributed by atoms with Crippen molar-refractivity contribution >= 4 is 11.6 Å². The number of likely N-dealkylation sites (tertiary alicyclic amines) is 1. The summed E-state index contributed by atoms with van der Waals surface area (Å²) in [5.41, 5.74) is 4.78. The lowest BCUT2D eigenvalue weighted by atomic mass is 9.85. The van der Waals surface area contributed by atoms with E-state index in [-0.39, 0.29) is 17.3 Å². The average Bonchev–Trinajstić information content (AvgIpc) is 2.37. The smallest absolute Gasteiger partial charge is 0.257 e. The fourth-order valence-corrected chi connectivity index (χ4v) is 2.90. The van der Waals surface area contributed by atoms with Gasteiger partial charge in [0.15, 0.2) is 5.82 Å². The molecule has 3 atom stereocenters. The lowest BCUT2D eigenvalue weighted by molar-refractivity contribution is 0.0451. The van der Waals surface area contributed by atoms with E-state index in [1.54, 1.807) is 4.90 Å². The molecule has 0 saturated carbocycles. The molecule has 1 heterocycles. The number of nitrogens with two attached hydrogens (primary N) is 1. The molecule has 1 aliphatic rings. The highest BCUT2D eigenvalue weighted by Crippen LogP contribution is 2.29. The Bertz CT molecular complexity index is 533. The molecule has 1 aromatic rings. The van der Waals surface area contributed by atoms with Crippen molar-refractivity contribution in [2.75, 3.05) is 12.3 Å². The number of amides is 1. The van der Waals surface area contributed by atoms with Crippen molar-refractivity contribution in [2.45, 2.75) is 33.2 Å². The standard InChI is InChI=1S/C15H20F2N2O/c1-8-4-9(2)10(3)19(7-8)15(20)12-5-11(16)6-13(18)14(12)17/h5-6,8-10H,4,7,18H2,1-3H3. The number of anilines is 1. The van der Waals surface area contributed by atoms with Crippen molar-refractivity contribution in [1.29, 1.82) is 0 Å². The summed E-state index contributed by atoms with van der Waals surface area (Å²) in [4.78, 5) is 14.1. The number of rotatable bonds is 1. The zero-order valence-corrected chi connectivity index (χ0v) is 12.0. The van der Waals surface area contributed by atoms with Crippen LogP contribution in [0.5, 0.6) is 0 Å². The summed E-state index contributed by atoms with van der Waals surface area (Å²) in [6, 6.07) is 1.81. The Kier molecular flexibility index (Phi) is 3.97. The fraction of sp³-hybridized carbons (Fsp3) is 0.533. The molecule has 2 rings (SSSR count). The third-order valence-corrected chi connectivity index (χ3v) is 4.15. The number of benzene rings is 1. The summed E-state index contributed by atoms with van der Waals surface area (Å²) < 4.78 is 27.3. The zero-order chi connectivity index (χ0) is 15.0. The van der Waals surface area contributed by atoms with Gasteiger partial charge in [-0.15, -0.1) is 0 Å². The second-order valence-electron chi connectivity index (χ2n) is 5.87.